The van der Waals surface area contributed by atoms with E-state index in [1.165, 1.54) is 51.4 Å². The first-order valence-corrected chi connectivity index (χ1v) is 14.8. The number of aliphatic hydroxyl groups excluding tert-OH is 1. The molecule has 184 valence electrons. The molecule has 0 amide bonds. The quantitative estimate of drug-likeness (QED) is 0.394. The van der Waals surface area contributed by atoms with Crippen LogP contribution < -0.4 is 0 Å². The summed E-state index contributed by atoms with van der Waals surface area (Å²) in [5.41, 5.74) is 0.271. The Kier molecular flexibility index (Phi) is 13.5. The van der Waals surface area contributed by atoms with Crippen molar-refractivity contribution in [2.45, 2.75) is 125 Å². The molecule has 0 bridgehead atoms. The highest BCUT2D eigenvalue weighted by molar-refractivity contribution is 9.09. The summed E-state index contributed by atoms with van der Waals surface area (Å²) >= 11 is 3.41. The molecule has 0 aromatic carbocycles. The first kappa shape index (κ1) is 29.1. The number of unbranched alkanes of at least 4 members (excludes halogenated alkanes) is 1. The Balaban J connectivity index is 0.000000532. The zero-order chi connectivity index (χ0) is 23.6. The van der Waals surface area contributed by atoms with Crippen LogP contribution in [-0.2, 0) is 4.79 Å². The van der Waals surface area contributed by atoms with E-state index in [0.717, 1.165) is 48.9 Å². The highest BCUT2D eigenvalue weighted by Crippen LogP contribution is 2.64. The third-order valence-electron chi connectivity index (χ3n) is 8.95. The zero-order valence-corrected chi connectivity index (χ0v) is 23.3. The molecule has 8 unspecified atom stereocenters. The summed E-state index contributed by atoms with van der Waals surface area (Å²) in [6, 6.07) is 0. The molecule has 4 rings (SSSR count). The van der Waals surface area contributed by atoms with Crippen molar-refractivity contribution in [3.05, 3.63) is 0 Å². The lowest BCUT2D eigenvalue weighted by Crippen LogP contribution is -2.49. The first-order valence-electron chi connectivity index (χ1n) is 13.7. The lowest BCUT2D eigenvalue weighted by Gasteiger charge is -2.56. The van der Waals surface area contributed by atoms with E-state index in [9.17, 15) is 9.90 Å². The van der Waals surface area contributed by atoms with E-state index in [0.29, 0.717) is 17.0 Å². The fraction of sp³-hybridized carbons (Fsp3) is 0.964. The van der Waals surface area contributed by atoms with Crippen LogP contribution in [0.5, 0.6) is 0 Å². The standard InChI is InChI=1S/C20H31BrO2.C4H10.2C2H6/c1-20-9-8-15-14-5-3-13(22)10-12(14)2-4-16(15)17(20)6-7-18(20)19(23)11-21;1-3-4-2;2*1-2/h12-18,22H,2-11H2,1H3;3-4H2,1-2H3;2*1-2H3. The van der Waals surface area contributed by atoms with Gasteiger partial charge in [-0.3, -0.25) is 4.79 Å². The largest absolute Gasteiger partial charge is 0.393 e. The molecule has 4 saturated carbocycles. The predicted molar refractivity (Wildman–Crippen MR) is 139 cm³/mol. The van der Waals surface area contributed by atoms with Crippen LogP contribution in [0, 0.1) is 40.9 Å². The number of ketones is 1. The highest BCUT2D eigenvalue weighted by atomic mass is 79.9. The van der Waals surface area contributed by atoms with E-state index in [1.807, 2.05) is 27.7 Å². The highest BCUT2D eigenvalue weighted by Gasteiger charge is 2.58. The Hall–Kier alpha value is 0.110. The van der Waals surface area contributed by atoms with Crippen molar-refractivity contribution in [1.29, 1.82) is 0 Å². The van der Waals surface area contributed by atoms with Crippen molar-refractivity contribution in [3.63, 3.8) is 0 Å². The summed E-state index contributed by atoms with van der Waals surface area (Å²) < 4.78 is 0. The van der Waals surface area contributed by atoms with Crippen LogP contribution in [0.3, 0.4) is 0 Å². The molecule has 3 heteroatoms. The van der Waals surface area contributed by atoms with Gasteiger partial charge in [0.2, 0.25) is 0 Å². The third-order valence-corrected chi connectivity index (χ3v) is 9.50. The number of carbonyl (C=O) groups is 1. The van der Waals surface area contributed by atoms with Crippen molar-refractivity contribution in [1.82, 2.24) is 0 Å². The summed E-state index contributed by atoms with van der Waals surface area (Å²) in [6.45, 7) is 14.8. The van der Waals surface area contributed by atoms with Gasteiger partial charge in [-0.15, -0.1) is 0 Å². The van der Waals surface area contributed by atoms with Gasteiger partial charge in [-0.05, 0) is 92.8 Å². The van der Waals surface area contributed by atoms with Crippen molar-refractivity contribution in [3.8, 4) is 0 Å². The number of hydrogen-bond donors (Lipinski definition) is 1. The summed E-state index contributed by atoms with van der Waals surface area (Å²) in [5, 5.41) is 10.6. The van der Waals surface area contributed by atoms with Gasteiger partial charge in [0.25, 0.3) is 0 Å². The van der Waals surface area contributed by atoms with Gasteiger partial charge in [-0.2, -0.15) is 0 Å². The Morgan fingerprint density at radius 3 is 2.06 bits per heavy atom. The van der Waals surface area contributed by atoms with Gasteiger partial charge in [0, 0.05) is 5.92 Å². The molecule has 31 heavy (non-hydrogen) atoms. The molecule has 0 aromatic rings. The maximum atomic E-state index is 12.4. The average molecular weight is 502 g/mol. The van der Waals surface area contributed by atoms with Gasteiger partial charge >= 0.3 is 0 Å². The minimum atomic E-state index is -0.0333. The van der Waals surface area contributed by atoms with E-state index < -0.39 is 0 Å². The lowest BCUT2D eigenvalue weighted by atomic mass is 9.49. The van der Waals surface area contributed by atoms with Gasteiger partial charge in [-0.25, -0.2) is 0 Å². The second kappa shape index (κ2) is 14.4. The summed E-state index contributed by atoms with van der Waals surface area (Å²) in [5.74, 6) is 4.93. The molecule has 4 aliphatic carbocycles. The third kappa shape index (κ3) is 6.58. The molecular formula is C28H53BrO2. The van der Waals surface area contributed by atoms with Crippen LogP contribution in [-0.4, -0.2) is 22.3 Å². The molecular weight excluding hydrogens is 448 g/mol. The number of Topliss-reactive ketones (excluding diaryl/α,β-unsaturated/α-hetero) is 1. The minimum absolute atomic E-state index is 0.0333. The maximum Gasteiger partial charge on any atom is 0.147 e. The second-order valence-corrected chi connectivity index (χ2v) is 10.7. The van der Waals surface area contributed by atoms with Crippen LogP contribution in [0.4, 0.5) is 0 Å². The molecule has 4 fully saturated rings. The number of halogens is 1. The average Bonchev–Trinajstić information content (AvgIpc) is 3.18. The van der Waals surface area contributed by atoms with Crippen LogP contribution in [0.2, 0.25) is 0 Å². The topological polar surface area (TPSA) is 37.3 Å². The van der Waals surface area contributed by atoms with Crippen LogP contribution in [0.15, 0.2) is 0 Å². The van der Waals surface area contributed by atoms with E-state index in [2.05, 4.69) is 36.7 Å². The van der Waals surface area contributed by atoms with Gasteiger partial charge in [0.05, 0.1) is 11.4 Å². The Morgan fingerprint density at radius 1 is 0.871 bits per heavy atom. The minimum Gasteiger partial charge on any atom is -0.393 e. The molecule has 4 aliphatic rings. The van der Waals surface area contributed by atoms with Crippen LogP contribution >= 0.6 is 15.9 Å². The molecule has 0 heterocycles. The Bertz CT molecular complexity index is 505. The Labute approximate surface area is 202 Å². The molecule has 8 atom stereocenters. The number of carbonyl (C=O) groups excluding carboxylic acids is 1. The molecule has 0 aromatic heterocycles. The molecule has 0 spiro atoms. The SMILES string of the molecule is CC.CC.CC12CCC3C4CCC(O)CC4CCC3C1CCC2C(=O)CBr.CCCC. The smallest absolute Gasteiger partial charge is 0.147 e. The van der Waals surface area contributed by atoms with Crippen molar-refractivity contribution in [2.24, 2.45) is 40.9 Å². The van der Waals surface area contributed by atoms with Crippen molar-refractivity contribution in [2.75, 3.05) is 5.33 Å². The second-order valence-electron chi connectivity index (χ2n) is 10.2. The summed E-state index contributed by atoms with van der Waals surface area (Å²) in [4.78, 5) is 12.4. The first-order chi connectivity index (χ1) is 15.0. The summed E-state index contributed by atoms with van der Waals surface area (Å²) in [7, 11) is 0. The molecule has 0 saturated heterocycles. The van der Waals surface area contributed by atoms with E-state index in [-0.39, 0.29) is 11.5 Å². The van der Waals surface area contributed by atoms with Crippen molar-refractivity contribution < 1.29 is 9.90 Å². The van der Waals surface area contributed by atoms with E-state index in [1.54, 1.807) is 0 Å². The van der Waals surface area contributed by atoms with E-state index in [4.69, 9.17) is 0 Å². The Morgan fingerprint density at radius 2 is 1.48 bits per heavy atom. The van der Waals surface area contributed by atoms with Gasteiger partial charge in [-0.1, -0.05) is 77.2 Å². The molecule has 2 nitrogen and oxygen atoms in total. The zero-order valence-electron chi connectivity index (χ0n) is 21.8. The molecule has 0 aliphatic heterocycles. The monoisotopic (exact) mass is 500 g/mol. The van der Waals surface area contributed by atoms with Crippen LogP contribution in [0.1, 0.15) is 119 Å². The van der Waals surface area contributed by atoms with Gasteiger partial charge < -0.3 is 5.11 Å². The summed E-state index contributed by atoms with van der Waals surface area (Å²) in [6.07, 6.45) is 13.6. The molecule has 1 N–H and O–H groups in total. The van der Waals surface area contributed by atoms with Gasteiger partial charge in [0.1, 0.15) is 5.78 Å². The number of hydrogen-bond acceptors (Lipinski definition) is 2. The number of aliphatic hydroxyl groups is 1. The fourth-order valence-corrected chi connectivity index (χ4v) is 7.84. The lowest BCUT2D eigenvalue weighted by molar-refractivity contribution is -0.128. The number of rotatable bonds is 3. The predicted octanol–water partition coefficient (Wildman–Crippen LogP) is 8.44. The number of fused-ring (bicyclic) bond motifs is 5. The normalized spacial score (nSPS) is 40.2. The van der Waals surface area contributed by atoms with Gasteiger partial charge in [0.15, 0.2) is 0 Å². The van der Waals surface area contributed by atoms with Crippen molar-refractivity contribution >= 4 is 21.7 Å². The number of alkyl halides is 1. The maximum absolute atomic E-state index is 12.4. The molecule has 0 radical (unpaired) electrons. The van der Waals surface area contributed by atoms with E-state index >= 15 is 0 Å². The van der Waals surface area contributed by atoms with Crippen LogP contribution in [0.25, 0.3) is 0 Å². The fourth-order valence-electron chi connectivity index (χ4n) is 7.45.